The predicted molar refractivity (Wildman–Crippen MR) is 65.3 cm³/mol. The molecule has 0 aliphatic rings. The van der Waals surface area contributed by atoms with Gasteiger partial charge in [-0.25, -0.2) is 0 Å². The number of hydrogen-bond acceptors (Lipinski definition) is 1. The van der Waals surface area contributed by atoms with Gasteiger partial charge < -0.3 is 4.74 Å². The fourth-order valence-electron chi connectivity index (χ4n) is 1.89. The summed E-state index contributed by atoms with van der Waals surface area (Å²) in [5.41, 5.74) is 2.87. The van der Waals surface area contributed by atoms with Gasteiger partial charge in [-0.3, -0.25) is 0 Å². The van der Waals surface area contributed by atoms with E-state index in [1.54, 1.807) is 7.11 Å². The number of aryl methyl sites for hydroxylation is 1. The summed E-state index contributed by atoms with van der Waals surface area (Å²) in [4.78, 5) is 0. The van der Waals surface area contributed by atoms with Crippen LogP contribution in [0.2, 0.25) is 0 Å². The molecule has 1 aromatic carbocycles. The molecule has 0 heterocycles. The Bertz CT molecular complexity index is 263. The molecule has 0 bridgehead atoms. The molecule has 1 unspecified atom stereocenters. The summed E-state index contributed by atoms with van der Waals surface area (Å²) in [6, 6.07) is 9.01. The Hall–Kier alpha value is -0.820. The lowest BCUT2D eigenvalue weighted by Crippen LogP contribution is -2.01. The first-order valence-electron chi connectivity index (χ1n) is 5.89. The van der Waals surface area contributed by atoms with Gasteiger partial charge in [-0.05, 0) is 36.3 Å². The summed E-state index contributed by atoms with van der Waals surface area (Å²) >= 11 is 0. The fourth-order valence-corrected chi connectivity index (χ4v) is 1.89. The van der Waals surface area contributed by atoms with Crippen LogP contribution in [0.4, 0.5) is 0 Å². The van der Waals surface area contributed by atoms with Crippen LogP contribution in [-0.2, 0) is 11.2 Å². The average Bonchev–Trinajstić information content (AvgIpc) is 2.31. The molecule has 1 rings (SSSR count). The highest BCUT2D eigenvalue weighted by molar-refractivity contribution is 5.25. The summed E-state index contributed by atoms with van der Waals surface area (Å²) in [6.45, 7) is 5.29. The summed E-state index contributed by atoms with van der Waals surface area (Å²) in [6.07, 6.45) is 3.43. The molecule has 0 spiro atoms. The summed E-state index contributed by atoms with van der Waals surface area (Å²) in [7, 11) is 1.77. The number of hydrogen-bond donors (Lipinski definition) is 0. The zero-order chi connectivity index (χ0) is 11.1. The van der Waals surface area contributed by atoms with E-state index in [1.165, 1.54) is 17.5 Å². The van der Waals surface area contributed by atoms with Gasteiger partial charge in [-0.2, -0.15) is 0 Å². The molecule has 1 heteroatoms. The van der Waals surface area contributed by atoms with Crippen LogP contribution in [-0.4, -0.2) is 13.7 Å². The molecule has 15 heavy (non-hydrogen) atoms. The van der Waals surface area contributed by atoms with Crippen molar-refractivity contribution in [1.82, 2.24) is 0 Å². The van der Waals surface area contributed by atoms with E-state index in [4.69, 9.17) is 4.74 Å². The maximum atomic E-state index is 5.14. The zero-order valence-electron chi connectivity index (χ0n) is 10.1. The molecule has 0 aliphatic carbocycles. The van der Waals surface area contributed by atoms with Crippen LogP contribution in [0.1, 0.15) is 43.7 Å². The van der Waals surface area contributed by atoms with Gasteiger partial charge in [0.05, 0.1) is 0 Å². The lowest BCUT2D eigenvalue weighted by Gasteiger charge is -2.15. The molecule has 1 aromatic rings. The van der Waals surface area contributed by atoms with Gasteiger partial charge in [0, 0.05) is 13.7 Å². The molecular formula is C14H22O. The van der Waals surface area contributed by atoms with Crippen LogP contribution < -0.4 is 0 Å². The van der Waals surface area contributed by atoms with Crippen molar-refractivity contribution in [3.05, 3.63) is 35.4 Å². The number of benzene rings is 1. The Morgan fingerprint density at radius 1 is 1.13 bits per heavy atom. The molecule has 0 aliphatic heterocycles. The first-order chi connectivity index (χ1) is 7.31. The van der Waals surface area contributed by atoms with Crippen molar-refractivity contribution >= 4 is 0 Å². The summed E-state index contributed by atoms with van der Waals surface area (Å²) in [5.74, 6) is 0.649. The van der Waals surface area contributed by atoms with Gasteiger partial charge in [-0.15, -0.1) is 0 Å². The van der Waals surface area contributed by atoms with Crippen molar-refractivity contribution in [3.63, 3.8) is 0 Å². The van der Waals surface area contributed by atoms with Crippen LogP contribution in [0.15, 0.2) is 24.3 Å². The van der Waals surface area contributed by atoms with Gasteiger partial charge >= 0.3 is 0 Å². The van der Waals surface area contributed by atoms with E-state index in [2.05, 4.69) is 38.1 Å². The van der Waals surface area contributed by atoms with Gasteiger partial charge in [0.25, 0.3) is 0 Å². The summed E-state index contributed by atoms with van der Waals surface area (Å²) in [5, 5.41) is 0. The van der Waals surface area contributed by atoms with E-state index in [0.717, 1.165) is 19.4 Å². The predicted octanol–water partition coefficient (Wildman–Crippen LogP) is 3.78. The monoisotopic (exact) mass is 206 g/mol. The van der Waals surface area contributed by atoms with Gasteiger partial charge in [0.2, 0.25) is 0 Å². The second-order valence-corrected chi connectivity index (χ2v) is 3.98. The first kappa shape index (κ1) is 12.3. The van der Waals surface area contributed by atoms with E-state index in [9.17, 15) is 0 Å². The molecule has 0 N–H and O–H groups in total. The van der Waals surface area contributed by atoms with Crippen LogP contribution in [0.25, 0.3) is 0 Å². The maximum Gasteiger partial charge on any atom is 0.0468 e. The highest BCUT2D eigenvalue weighted by Gasteiger charge is 2.08. The van der Waals surface area contributed by atoms with Gasteiger partial charge in [-0.1, -0.05) is 38.1 Å². The van der Waals surface area contributed by atoms with Gasteiger partial charge in [0.15, 0.2) is 0 Å². The Morgan fingerprint density at radius 2 is 1.80 bits per heavy atom. The van der Waals surface area contributed by atoms with E-state index >= 15 is 0 Å². The van der Waals surface area contributed by atoms with Crippen LogP contribution >= 0.6 is 0 Å². The SMILES string of the molecule is CCc1ccc(C(CC)CCOC)cc1. The van der Waals surface area contributed by atoms with Crippen molar-refractivity contribution in [2.75, 3.05) is 13.7 Å². The minimum Gasteiger partial charge on any atom is -0.385 e. The van der Waals surface area contributed by atoms with Gasteiger partial charge in [0.1, 0.15) is 0 Å². The number of methoxy groups -OCH3 is 1. The molecular weight excluding hydrogens is 184 g/mol. The quantitative estimate of drug-likeness (QED) is 0.688. The highest BCUT2D eigenvalue weighted by atomic mass is 16.5. The molecule has 0 saturated carbocycles. The molecule has 1 nitrogen and oxygen atoms in total. The second kappa shape index (κ2) is 6.62. The van der Waals surface area contributed by atoms with Crippen molar-refractivity contribution in [2.24, 2.45) is 0 Å². The van der Waals surface area contributed by atoms with E-state index in [1.807, 2.05) is 0 Å². The normalized spacial score (nSPS) is 12.7. The Labute approximate surface area is 93.5 Å². The Kier molecular flexibility index (Phi) is 5.41. The number of rotatable bonds is 6. The van der Waals surface area contributed by atoms with Crippen molar-refractivity contribution < 1.29 is 4.74 Å². The minimum absolute atomic E-state index is 0.649. The molecule has 0 saturated heterocycles. The zero-order valence-corrected chi connectivity index (χ0v) is 10.1. The number of ether oxygens (including phenoxy) is 1. The lowest BCUT2D eigenvalue weighted by atomic mass is 9.92. The average molecular weight is 206 g/mol. The smallest absolute Gasteiger partial charge is 0.0468 e. The van der Waals surface area contributed by atoms with Crippen LogP contribution in [0.5, 0.6) is 0 Å². The molecule has 0 radical (unpaired) electrons. The van der Waals surface area contributed by atoms with Crippen LogP contribution in [0.3, 0.4) is 0 Å². The van der Waals surface area contributed by atoms with Crippen molar-refractivity contribution in [1.29, 1.82) is 0 Å². The lowest BCUT2D eigenvalue weighted by molar-refractivity contribution is 0.187. The standard InChI is InChI=1S/C14H22O/c1-4-12-6-8-14(9-7-12)13(5-2)10-11-15-3/h6-9,13H,4-5,10-11H2,1-3H3. The van der Waals surface area contributed by atoms with Crippen molar-refractivity contribution in [2.45, 2.75) is 39.0 Å². The molecule has 0 aromatic heterocycles. The van der Waals surface area contributed by atoms with E-state index < -0.39 is 0 Å². The topological polar surface area (TPSA) is 9.23 Å². The second-order valence-electron chi connectivity index (χ2n) is 3.98. The van der Waals surface area contributed by atoms with Crippen LogP contribution in [0, 0.1) is 0 Å². The minimum atomic E-state index is 0.649. The molecule has 0 fully saturated rings. The fraction of sp³-hybridized carbons (Fsp3) is 0.571. The third-order valence-corrected chi connectivity index (χ3v) is 3.02. The van der Waals surface area contributed by atoms with E-state index in [0.29, 0.717) is 5.92 Å². The first-order valence-corrected chi connectivity index (χ1v) is 5.89. The molecule has 1 atom stereocenters. The third kappa shape index (κ3) is 3.67. The largest absolute Gasteiger partial charge is 0.385 e. The molecule has 84 valence electrons. The maximum absolute atomic E-state index is 5.14. The van der Waals surface area contributed by atoms with E-state index in [-0.39, 0.29) is 0 Å². The Balaban J connectivity index is 2.65. The Morgan fingerprint density at radius 3 is 2.27 bits per heavy atom. The summed E-state index contributed by atoms with van der Waals surface area (Å²) < 4.78 is 5.14. The highest BCUT2D eigenvalue weighted by Crippen LogP contribution is 2.23. The molecule has 0 amide bonds. The third-order valence-electron chi connectivity index (χ3n) is 3.02. The van der Waals surface area contributed by atoms with Crippen molar-refractivity contribution in [3.8, 4) is 0 Å².